The number of fused-ring (bicyclic) bond motifs is 2. The second kappa shape index (κ2) is 5.71. The monoisotopic (exact) mass is 354 g/mol. The Bertz CT molecular complexity index is 1180. The van der Waals surface area contributed by atoms with E-state index in [0.717, 1.165) is 0 Å². The van der Waals surface area contributed by atoms with Crippen LogP contribution in [0.25, 0.3) is 28.2 Å². The van der Waals surface area contributed by atoms with Gasteiger partial charge in [0.1, 0.15) is 5.75 Å². The van der Waals surface area contributed by atoms with Crippen LogP contribution in [0.4, 0.5) is 0 Å². The molecule has 2 aromatic rings. The molecule has 8 heteroatoms. The first-order chi connectivity index (χ1) is 12.1. The minimum absolute atomic E-state index is 0.0743. The van der Waals surface area contributed by atoms with Crippen LogP contribution in [0.15, 0.2) is 52.1 Å². The highest BCUT2D eigenvalue weighted by atomic mass is 35.5. The highest BCUT2D eigenvalue weighted by Crippen LogP contribution is 2.27. The first-order valence-electron chi connectivity index (χ1n) is 7.33. The van der Waals surface area contributed by atoms with Crippen molar-refractivity contribution in [2.45, 2.75) is 0 Å². The molecule has 25 heavy (non-hydrogen) atoms. The molecular weight excluding hydrogens is 344 g/mol. The number of aromatic nitrogens is 4. The van der Waals surface area contributed by atoms with E-state index in [1.165, 1.54) is 0 Å². The maximum absolute atomic E-state index is 12.2. The molecule has 0 aromatic heterocycles. The van der Waals surface area contributed by atoms with E-state index < -0.39 is 11.2 Å². The van der Waals surface area contributed by atoms with Crippen molar-refractivity contribution < 1.29 is 4.74 Å². The number of halogens is 1. The van der Waals surface area contributed by atoms with Crippen LogP contribution in [-0.4, -0.2) is 26.6 Å². The molecule has 0 bridgehead atoms. The Kier molecular flexibility index (Phi) is 3.51. The lowest BCUT2D eigenvalue weighted by atomic mass is 10.2. The van der Waals surface area contributed by atoms with Gasteiger partial charge < -0.3 is 4.74 Å². The van der Waals surface area contributed by atoms with Crippen LogP contribution in [0.3, 0.4) is 0 Å². The molecule has 0 amide bonds. The van der Waals surface area contributed by atoms with Gasteiger partial charge in [-0.15, -0.1) is 0 Å². The number of benzene rings is 2. The molecular formula is C17H11ClN4O3. The molecule has 2 aliphatic heterocycles. The van der Waals surface area contributed by atoms with E-state index in [1.54, 1.807) is 54.1 Å². The summed E-state index contributed by atoms with van der Waals surface area (Å²) in [6.45, 7) is 0. The standard InChI is InChI=1S/C17H11ClN4O3/c1-25-11-5-3-10(4-6-11)22-13-8-9(18)2-7-12(13)19-14-15(22)20-17(24)21-16(14)23/h2-8H,1H3,(H,21,23,24). The lowest BCUT2D eigenvalue weighted by Crippen LogP contribution is -2.28. The van der Waals surface area contributed by atoms with Crippen LogP contribution in [-0.2, 0) is 0 Å². The van der Waals surface area contributed by atoms with Gasteiger partial charge in [-0.2, -0.15) is 4.98 Å². The summed E-state index contributed by atoms with van der Waals surface area (Å²) in [5.41, 5.74) is 0.626. The molecule has 2 aromatic carbocycles. The second-order valence-corrected chi connectivity index (χ2v) is 5.76. The molecule has 0 unspecified atom stereocenters. The Hall–Kier alpha value is -3.19. The maximum atomic E-state index is 12.2. The number of methoxy groups -OCH3 is 1. The summed E-state index contributed by atoms with van der Waals surface area (Å²) in [6.07, 6.45) is 0. The molecule has 7 nitrogen and oxygen atoms in total. The minimum Gasteiger partial charge on any atom is -0.497 e. The molecule has 0 aliphatic carbocycles. The summed E-state index contributed by atoms with van der Waals surface area (Å²) in [4.78, 5) is 34.3. The van der Waals surface area contributed by atoms with Crippen LogP contribution < -0.4 is 16.0 Å². The smallest absolute Gasteiger partial charge is 0.349 e. The molecule has 0 atom stereocenters. The van der Waals surface area contributed by atoms with Crippen LogP contribution >= 0.6 is 11.6 Å². The topological polar surface area (TPSA) is 89.9 Å². The van der Waals surface area contributed by atoms with Crippen LogP contribution in [0.2, 0.25) is 5.02 Å². The summed E-state index contributed by atoms with van der Waals surface area (Å²) < 4.78 is 6.85. The zero-order valence-electron chi connectivity index (χ0n) is 13.0. The number of rotatable bonds is 2. The van der Waals surface area contributed by atoms with Gasteiger partial charge in [-0.25, -0.2) is 9.78 Å². The first kappa shape index (κ1) is 15.3. The van der Waals surface area contributed by atoms with E-state index >= 15 is 0 Å². The summed E-state index contributed by atoms with van der Waals surface area (Å²) in [5.74, 6) is 0.842. The number of nitrogens with zero attached hydrogens (tertiary/aromatic N) is 3. The number of H-pyrrole nitrogens is 1. The van der Waals surface area contributed by atoms with Gasteiger partial charge >= 0.3 is 5.69 Å². The molecule has 0 radical (unpaired) electrons. The van der Waals surface area contributed by atoms with Crippen LogP contribution in [0, 0.1) is 0 Å². The van der Waals surface area contributed by atoms with Gasteiger partial charge in [0.25, 0.3) is 5.56 Å². The molecule has 0 saturated carbocycles. The average molecular weight is 355 g/mol. The van der Waals surface area contributed by atoms with Gasteiger partial charge in [0.2, 0.25) is 0 Å². The molecule has 0 spiro atoms. The van der Waals surface area contributed by atoms with Crippen LogP contribution in [0.1, 0.15) is 0 Å². The number of ether oxygens (including phenoxy) is 1. The highest BCUT2D eigenvalue weighted by molar-refractivity contribution is 6.31. The molecule has 2 heterocycles. The highest BCUT2D eigenvalue weighted by Gasteiger charge is 2.19. The summed E-state index contributed by atoms with van der Waals surface area (Å²) in [5, 5.41) is 0.503. The predicted molar refractivity (Wildman–Crippen MR) is 93.9 cm³/mol. The van der Waals surface area contributed by atoms with E-state index in [-0.39, 0.29) is 11.5 Å². The van der Waals surface area contributed by atoms with Gasteiger partial charge in [0.05, 0.1) is 18.1 Å². The normalized spacial score (nSPS) is 11.1. The fourth-order valence-corrected chi connectivity index (χ4v) is 2.86. The minimum atomic E-state index is -0.733. The maximum Gasteiger partial charge on any atom is 0.349 e. The van der Waals surface area contributed by atoms with Crippen molar-refractivity contribution in [1.29, 1.82) is 0 Å². The van der Waals surface area contributed by atoms with E-state index in [2.05, 4.69) is 15.0 Å². The summed E-state index contributed by atoms with van der Waals surface area (Å²) in [6, 6.07) is 12.2. The van der Waals surface area contributed by atoms with Crippen molar-refractivity contribution in [2.75, 3.05) is 7.11 Å². The van der Waals surface area contributed by atoms with Crippen molar-refractivity contribution in [3.8, 4) is 23.0 Å². The van der Waals surface area contributed by atoms with Crippen molar-refractivity contribution in [1.82, 2.24) is 19.5 Å². The zero-order valence-corrected chi connectivity index (χ0v) is 13.7. The molecule has 1 N–H and O–H groups in total. The molecule has 4 rings (SSSR count). The van der Waals surface area contributed by atoms with Gasteiger partial charge in [-0.05, 0) is 42.5 Å². The number of aromatic amines is 1. The molecule has 124 valence electrons. The second-order valence-electron chi connectivity index (χ2n) is 5.32. The average Bonchev–Trinajstić information content (AvgIpc) is 2.60. The van der Waals surface area contributed by atoms with Crippen molar-refractivity contribution in [3.63, 3.8) is 0 Å². The Morgan fingerprint density at radius 3 is 2.56 bits per heavy atom. The number of hydrogen-bond donors (Lipinski definition) is 1. The SMILES string of the molecule is COc1ccc(-n2c3nc(=O)[nH]c(=O)c-3nc3ccc(Cl)cc32)cc1. The van der Waals surface area contributed by atoms with Crippen molar-refractivity contribution in [2.24, 2.45) is 0 Å². The van der Waals surface area contributed by atoms with Gasteiger partial charge in [0, 0.05) is 10.7 Å². The molecule has 0 saturated heterocycles. The Morgan fingerprint density at radius 2 is 1.84 bits per heavy atom. The van der Waals surface area contributed by atoms with Gasteiger partial charge in [0.15, 0.2) is 11.5 Å². The van der Waals surface area contributed by atoms with Crippen LogP contribution in [0.5, 0.6) is 5.75 Å². The van der Waals surface area contributed by atoms with Crippen molar-refractivity contribution >= 4 is 22.6 Å². The van der Waals surface area contributed by atoms with Gasteiger partial charge in [-0.3, -0.25) is 14.3 Å². The zero-order chi connectivity index (χ0) is 17.6. The summed E-state index contributed by atoms with van der Waals surface area (Å²) in [7, 11) is 1.57. The third kappa shape index (κ3) is 2.54. The Balaban J connectivity index is 2.18. The number of hydrogen-bond acceptors (Lipinski definition) is 5. The third-order valence-electron chi connectivity index (χ3n) is 3.81. The molecule has 0 fully saturated rings. The third-order valence-corrected chi connectivity index (χ3v) is 4.04. The Labute approximate surface area is 145 Å². The lowest BCUT2D eigenvalue weighted by Gasteiger charge is -2.17. The van der Waals surface area contributed by atoms with Gasteiger partial charge in [-0.1, -0.05) is 11.6 Å². The van der Waals surface area contributed by atoms with Crippen molar-refractivity contribution in [3.05, 3.63) is 68.3 Å². The fourth-order valence-electron chi connectivity index (χ4n) is 2.69. The van der Waals surface area contributed by atoms with E-state index in [1.807, 2.05) is 0 Å². The van der Waals surface area contributed by atoms with E-state index in [0.29, 0.717) is 27.5 Å². The molecule has 2 aliphatic rings. The lowest BCUT2D eigenvalue weighted by molar-refractivity contribution is 0.415. The first-order valence-corrected chi connectivity index (χ1v) is 7.71. The van der Waals surface area contributed by atoms with E-state index in [9.17, 15) is 9.59 Å². The quantitative estimate of drug-likeness (QED) is 0.557. The fraction of sp³-hybridized carbons (Fsp3) is 0.0588. The Morgan fingerprint density at radius 1 is 1.08 bits per heavy atom. The number of nitrogens with one attached hydrogen (secondary N) is 1. The van der Waals surface area contributed by atoms with E-state index in [4.69, 9.17) is 16.3 Å². The summed E-state index contributed by atoms with van der Waals surface area (Å²) >= 11 is 6.13. The predicted octanol–water partition coefficient (Wildman–Crippen LogP) is 2.24. The largest absolute Gasteiger partial charge is 0.497 e.